The largest absolute Gasteiger partial charge is 0.390 e. The van der Waals surface area contributed by atoms with E-state index in [-0.39, 0.29) is 25.1 Å². The molecule has 1 unspecified atom stereocenters. The molecule has 1 atom stereocenters. The molecule has 1 aromatic heterocycles. The number of nitrogens with one attached hydrogen (secondary N) is 1. The number of benzene rings is 2. The van der Waals surface area contributed by atoms with Crippen LogP contribution < -0.4 is 16.0 Å². The summed E-state index contributed by atoms with van der Waals surface area (Å²) in [5, 5.41) is 14.0. The van der Waals surface area contributed by atoms with Gasteiger partial charge in [0.1, 0.15) is 5.82 Å². The van der Waals surface area contributed by atoms with Crippen molar-refractivity contribution in [3.8, 4) is 0 Å². The third-order valence-electron chi connectivity index (χ3n) is 5.62. The van der Waals surface area contributed by atoms with E-state index in [1.807, 2.05) is 36.1 Å². The van der Waals surface area contributed by atoms with E-state index < -0.39 is 12.0 Å². The van der Waals surface area contributed by atoms with Gasteiger partial charge in [-0.2, -0.15) is 0 Å². The molecule has 4 N–H and O–H groups in total. The normalized spacial score (nSPS) is 16.8. The predicted molar refractivity (Wildman–Crippen MR) is 116 cm³/mol. The van der Waals surface area contributed by atoms with Crippen LogP contribution in [0.2, 0.25) is 0 Å². The van der Waals surface area contributed by atoms with Gasteiger partial charge in [-0.25, -0.2) is 13.8 Å². The van der Waals surface area contributed by atoms with Crippen molar-refractivity contribution in [2.75, 3.05) is 29.9 Å². The molecule has 30 heavy (non-hydrogen) atoms. The number of anilines is 2. The van der Waals surface area contributed by atoms with Crippen molar-refractivity contribution in [1.82, 2.24) is 4.98 Å². The van der Waals surface area contributed by atoms with Crippen LogP contribution in [0.3, 0.4) is 0 Å². The Morgan fingerprint density at radius 2 is 2.03 bits per heavy atom. The zero-order chi connectivity index (χ0) is 21.3. The molecule has 2 heterocycles. The number of nitrogens with zero attached hydrogens (tertiary/aromatic N) is 2. The van der Waals surface area contributed by atoms with Crippen LogP contribution >= 0.6 is 0 Å². The Hall–Kier alpha value is -2.77. The van der Waals surface area contributed by atoms with Crippen molar-refractivity contribution in [2.24, 2.45) is 5.73 Å². The number of aromatic nitrogens is 1. The van der Waals surface area contributed by atoms with E-state index in [1.54, 1.807) is 18.2 Å². The topological polar surface area (TPSA) is 74.4 Å². The van der Waals surface area contributed by atoms with Crippen LogP contribution in [0.1, 0.15) is 23.1 Å². The van der Waals surface area contributed by atoms with E-state index in [9.17, 15) is 13.9 Å². The zero-order valence-corrected chi connectivity index (χ0v) is 16.9. The van der Waals surface area contributed by atoms with Gasteiger partial charge in [0.15, 0.2) is 0 Å². The second-order valence-corrected chi connectivity index (χ2v) is 7.80. The van der Waals surface area contributed by atoms with E-state index >= 15 is 0 Å². The third kappa shape index (κ3) is 3.95. The summed E-state index contributed by atoms with van der Waals surface area (Å²) >= 11 is 0. The molecule has 0 saturated carbocycles. The molecule has 4 rings (SSSR count). The highest BCUT2D eigenvalue weighted by molar-refractivity contribution is 5.95. The van der Waals surface area contributed by atoms with Crippen LogP contribution in [0, 0.1) is 6.92 Å². The summed E-state index contributed by atoms with van der Waals surface area (Å²) in [6.45, 7) is 2.98. The van der Waals surface area contributed by atoms with Crippen LogP contribution in [0.15, 0.2) is 48.5 Å². The molecule has 158 valence electrons. The number of para-hydroxylation sites is 1. The number of rotatable bonds is 5. The molecule has 0 aliphatic carbocycles. The fourth-order valence-electron chi connectivity index (χ4n) is 3.90. The molecular formula is C23H26F2N4O. The average molecular weight is 412 g/mol. The first-order valence-electron chi connectivity index (χ1n) is 10.1. The van der Waals surface area contributed by atoms with E-state index in [0.717, 1.165) is 22.2 Å². The van der Waals surface area contributed by atoms with Crippen LogP contribution in [-0.4, -0.2) is 35.8 Å². The first-order valence-corrected chi connectivity index (χ1v) is 10.1. The lowest BCUT2D eigenvalue weighted by atomic mass is 10.0. The number of alkyl halides is 2. The number of fused-ring (bicyclic) bond motifs is 2. The Kier molecular flexibility index (Phi) is 5.58. The zero-order valence-electron chi connectivity index (χ0n) is 16.9. The Morgan fingerprint density at radius 3 is 2.83 bits per heavy atom. The monoisotopic (exact) mass is 412 g/mol. The summed E-state index contributed by atoms with van der Waals surface area (Å²) < 4.78 is 29.4. The molecule has 1 aliphatic rings. The van der Waals surface area contributed by atoms with Gasteiger partial charge in [-0.1, -0.05) is 42.5 Å². The number of aliphatic hydroxyl groups is 1. The quantitative estimate of drug-likeness (QED) is 0.595. The number of nitrogens with two attached hydrogens (primary N) is 1. The van der Waals surface area contributed by atoms with Crippen LogP contribution in [0.25, 0.3) is 10.9 Å². The molecule has 0 saturated heterocycles. The summed E-state index contributed by atoms with van der Waals surface area (Å²) in [5.41, 5.74) is 8.84. The third-order valence-corrected chi connectivity index (χ3v) is 5.62. The van der Waals surface area contributed by atoms with E-state index in [0.29, 0.717) is 24.5 Å². The molecule has 3 aromatic rings. The molecule has 7 heteroatoms. The first-order chi connectivity index (χ1) is 14.4. The Balaban J connectivity index is 1.76. The molecule has 0 bridgehead atoms. The van der Waals surface area contributed by atoms with Crippen molar-refractivity contribution >= 4 is 22.4 Å². The minimum Gasteiger partial charge on any atom is -0.390 e. The van der Waals surface area contributed by atoms with Gasteiger partial charge in [0, 0.05) is 55.3 Å². The molecule has 1 aliphatic heterocycles. The average Bonchev–Trinajstić information content (AvgIpc) is 2.88. The molecular weight excluding hydrogens is 386 g/mol. The number of aliphatic hydroxyl groups excluding tert-OH is 1. The predicted octanol–water partition coefficient (Wildman–Crippen LogP) is 3.78. The van der Waals surface area contributed by atoms with Crippen molar-refractivity contribution in [3.05, 3.63) is 65.2 Å². The highest BCUT2D eigenvalue weighted by atomic mass is 19.3. The minimum atomic E-state index is -2.87. The molecule has 2 aromatic carbocycles. The van der Waals surface area contributed by atoms with Crippen LogP contribution in [-0.2, 0) is 12.5 Å². The standard InChI is InChI=1S/C23H26F2N4O/c1-15-5-4-7-18-20(27-13-17(30)12-26)11-21(28-22(15)18)29-10-9-23(24,25)19-8-3-2-6-16(19)14-29/h2-8,11,17,30H,9-10,12-14,26H2,1H3,(H,27,28). The van der Waals surface area contributed by atoms with Crippen molar-refractivity contribution < 1.29 is 13.9 Å². The lowest BCUT2D eigenvalue weighted by Gasteiger charge is -2.24. The summed E-state index contributed by atoms with van der Waals surface area (Å²) in [7, 11) is 0. The lowest BCUT2D eigenvalue weighted by molar-refractivity contribution is -0.00967. The van der Waals surface area contributed by atoms with Crippen molar-refractivity contribution in [1.29, 1.82) is 0 Å². The van der Waals surface area contributed by atoms with Gasteiger partial charge in [0.05, 0.1) is 11.6 Å². The number of aryl methyl sites for hydroxylation is 1. The Labute approximate surface area is 174 Å². The first kappa shape index (κ1) is 20.5. The van der Waals surface area contributed by atoms with Crippen LogP contribution in [0.4, 0.5) is 20.3 Å². The maximum atomic E-state index is 14.7. The summed E-state index contributed by atoms with van der Waals surface area (Å²) in [5.74, 6) is -2.24. The van der Waals surface area contributed by atoms with Gasteiger partial charge in [-0.05, 0) is 18.1 Å². The summed E-state index contributed by atoms with van der Waals surface area (Å²) in [6.07, 6.45) is -0.947. The second kappa shape index (κ2) is 8.16. The number of halogens is 2. The molecule has 0 fully saturated rings. The Morgan fingerprint density at radius 1 is 1.23 bits per heavy atom. The van der Waals surface area contributed by atoms with Gasteiger partial charge in [0.2, 0.25) is 0 Å². The van der Waals surface area contributed by atoms with Gasteiger partial charge < -0.3 is 21.1 Å². The van der Waals surface area contributed by atoms with Gasteiger partial charge >= 0.3 is 0 Å². The molecule has 0 radical (unpaired) electrons. The molecule has 0 amide bonds. The smallest absolute Gasteiger partial charge is 0.275 e. The van der Waals surface area contributed by atoms with E-state index in [1.165, 1.54) is 6.07 Å². The summed E-state index contributed by atoms with van der Waals surface area (Å²) in [6, 6.07) is 14.5. The SMILES string of the molecule is Cc1cccc2c(NCC(O)CN)cc(N3CCC(F)(F)c4ccccc4C3)nc12. The maximum absolute atomic E-state index is 14.7. The minimum absolute atomic E-state index is 0.0916. The fraction of sp³-hybridized carbons (Fsp3) is 0.348. The van der Waals surface area contributed by atoms with E-state index in [4.69, 9.17) is 10.7 Å². The van der Waals surface area contributed by atoms with Gasteiger partial charge in [0.25, 0.3) is 5.92 Å². The lowest BCUT2D eigenvalue weighted by Crippen LogP contribution is -2.28. The highest BCUT2D eigenvalue weighted by Gasteiger charge is 2.37. The molecule has 5 nitrogen and oxygen atoms in total. The molecule has 0 spiro atoms. The van der Waals surface area contributed by atoms with Crippen molar-refractivity contribution in [3.63, 3.8) is 0 Å². The maximum Gasteiger partial charge on any atom is 0.275 e. The second-order valence-electron chi connectivity index (χ2n) is 7.80. The van der Waals surface area contributed by atoms with E-state index in [2.05, 4.69) is 5.32 Å². The summed E-state index contributed by atoms with van der Waals surface area (Å²) in [4.78, 5) is 6.72. The fourth-order valence-corrected chi connectivity index (χ4v) is 3.90. The van der Waals surface area contributed by atoms with Crippen molar-refractivity contribution in [2.45, 2.75) is 31.9 Å². The number of pyridine rings is 1. The van der Waals surface area contributed by atoms with Gasteiger partial charge in [-0.3, -0.25) is 0 Å². The highest BCUT2D eigenvalue weighted by Crippen LogP contribution is 2.39. The van der Waals surface area contributed by atoms with Gasteiger partial charge in [-0.15, -0.1) is 0 Å². The number of hydrogen-bond donors (Lipinski definition) is 3. The number of hydrogen-bond acceptors (Lipinski definition) is 5. The Bertz CT molecular complexity index is 1060. The van der Waals surface area contributed by atoms with Crippen LogP contribution in [0.5, 0.6) is 0 Å².